The number of nitrogens with one attached hydrogen (secondary N) is 1. The van der Waals surface area contributed by atoms with E-state index in [0.29, 0.717) is 19.7 Å². The Morgan fingerprint density at radius 1 is 1.32 bits per heavy atom. The van der Waals surface area contributed by atoms with Crippen LogP contribution in [0.2, 0.25) is 0 Å². The maximum Gasteiger partial charge on any atom is 0.409 e. The Balaban J connectivity index is 0.00000312. The number of rotatable bonds is 5. The number of nitrogens with zero attached hydrogens (tertiary/aromatic N) is 5. The van der Waals surface area contributed by atoms with Gasteiger partial charge in [-0.2, -0.15) is 5.10 Å². The number of halogens is 1. The fraction of sp³-hybridized carbons (Fsp3) is 0.688. The zero-order chi connectivity index (χ0) is 17.4. The van der Waals surface area contributed by atoms with Crippen molar-refractivity contribution in [2.75, 3.05) is 46.4 Å². The Hall–Kier alpha value is -1.52. The monoisotopic (exact) mass is 464 g/mol. The van der Waals surface area contributed by atoms with Gasteiger partial charge >= 0.3 is 6.09 Å². The normalized spacial score (nSPS) is 14.9. The van der Waals surface area contributed by atoms with Crippen molar-refractivity contribution in [3.63, 3.8) is 0 Å². The summed E-state index contributed by atoms with van der Waals surface area (Å²) < 4.78 is 6.87. The van der Waals surface area contributed by atoms with Gasteiger partial charge < -0.3 is 19.9 Å². The van der Waals surface area contributed by atoms with Crippen LogP contribution in [0.15, 0.2) is 17.4 Å². The second kappa shape index (κ2) is 11.2. The number of hydrogen-bond donors (Lipinski definition) is 1. The van der Waals surface area contributed by atoms with Gasteiger partial charge in [0.25, 0.3) is 0 Å². The quantitative estimate of drug-likeness (QED) is 0.308. The summed E-state index contributed by atoms with van der Waals surface area (Å²) in [5.74, 6) is 0.893. The van der Waals surface area contributed by atoms with Crippen molar-refractivity contribution in [1.29, 1.82) is 0 Å². The molecular formula is C16H29IN6O2. The number of aliphatic imine (C=N–C) groups is 1. The Bertz CT molecular complexity index is 555. The van der Waals surface area contributed by atoms with E-state index in [1.807, 2.05) is 31.0 Å². The van der Waals surface area contributed by atoms with Crippen LogP contribution >= 0.6 is 24.0 Å². The van der Waals surface area contributed by atoms with Crippen LogP contribution in [0.25, 0.3) is 0 Å². The third kappa shape index (κ3) is 6.71. The Kier molecular flexibility index (Phi) is 9.61. The minimum Gasteiger partial charge on any atom is -0.450 e. The molecule has 0 aliphatic carbocycles. The van der Waals surface area contributed by atoms with Gasteiger partial charge in [-0.15, -0.1) is 24.0 Å². The van der Waals surface area contributed by atoms with Gasteiger partial charge in [0.2, 0.25) is 0 Å². The van der Waals surface area contributed by atoms with Gasteiger partial charge in [-0.1, -0.05) is 0 Å². The van der Waals surface area contributed by atoms with Gasteiger partial charge in [-0.05, 0) is 25.3 Å². The lowest BCUT2D eigenvalue weighted by molar-refractivity contribution is 0.0914. The van der Waals surface area contributed by atoms with E-state index in [1.165, 1.54) is 5.56 Å². The molecule has 0 radical (unpaired) electrons. The first-order valence-corrected chi connectivity index (χ1v) is 8.49. The molecule has 1 aliphatic heterocycles. The molecule has 1 aromatic heterocycles. The third-order valence-electron chi connectivity index (χ3n) is 4.00. The van der Waals surface area contributed by atoms with E-state index in [9.17, 15) is 4.79 Å². The van der Waals surface area contributed by atoms with Gasteiger partial charge in [0.1, 0.15) is 0 Å². The molecule has 0 bridgehead atoms. The number of aromatic nitrogens is 2. The van der Waals surface area contributed by atoms with Gasteiger partial charge in [0.15, 0.2) is 5.96 Å². The largest absolute Gasteiger partial charge is 0.450 e. The summed E-state index contributed by atoms with van der Waals surface area (Å²) in [6.45, 7) is 5.96. The molecule has 0 spiro atoms. The molecule has 0 saturated carbocycles. The zero-order valence-corrected chi connectivity index (χ0v) is 17.6. The van der Waals surface area contributed by atoms with Crippen LogP contribution in [-0.2, 0) is 18.2 Å². The number of guanidine groups is 1. The zero-order valence-electron chi connectivity index (χ0n) is 15.3. The summed E-state index contributed by atoms with van der Waals surface area (Å²) in [4.78, 5) is 20.0. The summed E-state index contributed by atoms with van der Waals surface area (Å²) in [5, 5.41) is 7.58. The van der Waals surface area contributed by atoms with E-state index in [2.05, 4.69) is 20.3 Å². The van der Waals surface area contributed by atoms with E-state index >= 15 is 0 Å². The highest BCUT2D eigenvalue weighted by Gasteiger charge is 2.23. The minimum absolute atomic E-state index is 0. The molecule has 0 unspecified atom stereocenters. The average molecular weight is 464 g/mol. The van der Waals surface area contributed by atoms with Crippen molar-refractivity contribution >= 4 is 36.0 Å². The molecule has 1 aromatic rings. The van der Waals surface area contributed by atoms with Crippen molar-refractivity contribution in [1.82, 2.24) is 24.9 Å². The van der Waals surface area contributed by atoms with Crippen molar-refractivity contribution in [3.05, 3.63) is 18.0 Å². The predicted molar refractivity (Wildman–Crippen MR) is 108 cm³/mol. The highest BCUT2D eigenvalue weighted by Crippen LogP contribution is 2.05. The third-order valence-corrected chi connectivity index (χ3v) is 4.00. The smallest absolute Gasteiger partial charge is 0.409 e. The van der Waals surface area contributed by atoms with Crippen LogP contribution in [0.1, 0.15) is 18.9 Å². The predicted octanol–water partition coefficient (Wildman–Crippen LogP) is 1.32. The number of piperazine rings is 1. The molecule has 1 N–H and O–H groups in total. The molecule has 1 fully saturated rings. The number of hydrogen-bond acceptors (Lipinski definition) is 4. The van der Waals surface area contributed by atoms with Crippen LogP contribution in [0, 0.1) is 0 Å². The molecule has 25 heavy (non-hydrogen) atoms. The molecule has 2 rings (SSSR count). The first kappa shape index (κ1) is 21.5. The van der Waals surface area contributed by atoms with Gasteiger partial charge in [-0.3, -0.25) is 9.67 Å². The van der Waals surface area contributed by atoms with Crippen molar-refractivity contribution in [3.8, 4) is 0 Å². The molecule has 9 heteroatoms. The first-order valence-electron chi connectivity index (χ1n) is 8.49. The summed E-state index contributed by atoms with van der Waals surface area (Å²) >= 11 is 0. The van der Waals surface area contributed by atoms with Crippen LogP contribution in [0.5, 0.6) is 0 Å². The van der Waals surface area contributed by atoms with Crippen LogP contribution in [0.4, 0.5) is 4.79 Å². The van der Waals surface area contributed by atoms with Crippen LogP contribution in [-0.4, -0.2) is 78.0 Å². The standard InChI is InChI=1S/C16H28N6O2.HI/c1-4-24-16(23)22-10-8-21(9-11-22)15(17-2)18-7-5-6-14-12-19-20(3)13-14;/h12-13H,4-11H2,1-3H3,(H,17,18);1H. The number of carbonyl (C=O) groups is 1. The van der Waals surface area contributed by atoms with E-state index in [4.69, 9.17) is 4.74 Å². The summed E-state index contributed by atoms with van der Waals surface area (Å²) in [5.41, 5.74) is 1.25. The highest BCUT2D eigenvalue weighted by atomic mass is 127. The lowest BCUT2D eigenvalue weighted by Gasteiger charge is -2.35. The molecular weight excluding hydrogens is 435 g/mol. The fourth-order valence-electron chi connectivity index (χ4n) is 2.74. The van der Waals surface area contributed by atoms with Crippen LogP contribution < -0.4 is 5.32 Å². The van der Waals surface area contributed by atoms with Crippen molar-refractivity contribution < 1.29 is 9.53 Å². The van der Waals surface area contributed by atoms with E-state index in [1.54, 1.807) is 11.9 Å². The van der Waals surface area contributed by atoms with Gasteiger partial charge in [0, 0.05) is 53.0 Å². The Morgan fingerprint density at radius 2 is 2.00 bits per heavy atom. The number of amides is 1. The lowest BCUT2D eigenvalue weighted by Crippen LogP contribution is -2.54. The maximum absolute atomic E-state index is 11.7. The first-order chi connectivity index (χ1) is 11.6. The van der Waals surface area contributed by atoms with E-state index in [-0.39, 0.29) is 30.1 Å². The SMILES string of the molecule is CCOC(=O)N1CCN(C(=NC)NCCCc2cnn(C)c2)CC1.I. The van der Waals surface area contributed by atoms with Crippen LogP contribution in [0.3, 0.4) is 0 Å². The van der Waals surface area contributed by atoms with E-state index < -0.39 is 0 Å². The number of carbonyl (C=O) groups excluding carboxylic acids is 1. The topological polar surface area (TPSA) is 75.0 Å². The maximum atomic E-state index is 11.7. The van der Waals surface area contributed by atoms with Crippen molar-refractivity contribution in [2.45, 2.75) is 19.8 Å². The van der Waals surface area contributed by atoms with Crippen molar-refractivity contribution in [2.24, 2.45) is 12.0 Å². The molecule has 0 aromatic carbocycles. The second-order valence-electron chi connectivity index (χ2n) is 5.77. The highest BCUT2D eigenvalue weighted by molar-refractivity contribution is 14.0. The second-order valence-corrected chi connectivity index (χ2v) is 5.77. The molecule has 1 amide bonds. The molecule has 2 heterocycles. The number of aryl methyl sites for hydroxylation is 2. The molecule has 1 aliphatic rings. The lowest BCUT2D eigenvalue weighted by atomic mass is 10.2. The van der Waals surface area contributed by atoms with E-state index in [0.717, 1.165) is 38.4 Å². The minimum atomic E-state index is -0.225. The Labute approximate surface area is 166 Å². The molecule has 142 valence electrons. The molecule has 1 saturated heterocycles. The summed E-state index contributed by atoms with van der Waals surface area (Å²) in [6.07, 6.45) is 5.74. The van der Waals surface area contributed by atoms with Gasteiger partial charge in [-0.25, -0.2) is 4.79 Å². The Morgan fingerprint density at radius 3 is 2.56 bits per heavy atom. The fourth-order valence-corrected chi connectivity index (χ4v) is 2.74. The average Bonchev–Trinajstić information content (AvgIpc) is 3.01. The molecule has 0 atom stereocenters. The summed E-state index contributed by atoms with van der Waals surface area (Å²) in [6, 6.07) is 0. The summed E-state index contributed by atoms with van der Waals surface area (Å²) in [7, 11) is 3.72. The van der Waals surface area contributed by atoms with Gasteiger partial charge in [0.05, 0.1) is 12.8 Å². The number of ether oxygens (including phenoxy) is 1. The molecule has 8 nitrogen and oxygen atoms in total.